The minimum Gasteiger partial charge on any atom is -0.506 e. The van der Waals surface area contributed by atoms with Gasteiger partial charge in [0, 0.05) is 26.5 Å². The number of phenolic OH excluding ortho intramolecular Hbond substituents is 1. The largest absolute Gasteiger partial charge is 0.506 e. The van der Waals surface area contributed by atoms with Crippen LogP contribution in [0.1, 0.15) is 56.3 Å². The van der Waals surface area contributed by atoms with Gasteiger partial charge >= 0.3 is 5.97 Å². The molecule has 3 saturated carbocycles. The number of aliphatic hydroxyl groups excluding tert-OH is 1. The Bertz CT molecular complexity index is 1630. The van der Waals surface area contributed by atoms with Crippen LogP contribution in [0.3, 0.4) is 0 Å². The normalized spacial score (nSPS) is 35.2. The van der Waals surface area contributed by atoms with Crippen LogP contribution in [0.2, 0.25) is 5.02 Å². The molecule has 45 heavy (non-hydrogen) atoms. The number of allylic oxidation sites excluding steroid dienone is 4. The molecule has 0 saturated heterocycles. The maximum atomic E-state index is 17.5. The molecule has 4 aliphatic rings. The van der Waals surface area contributed by atoms with Gasteiger partial charge in [-0.25, -0.2) is 13.6 Å². The molecule has 238 valence electrons. The lowest BCUT2D eigenvalue weighted by Crippen LogP contribution is -2.69. The van der Waals surface area contributed by atoms with Gasteiger partial charge < -0.3 is 14.9 Å². The first kappa shape index (κ1) is 32.3. The molecule has 3 fully saturated rings. The zero-order valence-electron chi connectivity index (χ0n) is 24.7. The van der Waals surface area contributed by atoms with Crippen LogP contribution in [0.4, 0.5) is 8.78 Å². The molecule has 6 rings (SSSR count). The maximum Gasteiger partial charge on any atom is 0.339 e. The highest BCUT2D eigenvalue weighted by Gasteiger charge is 2.75. The molecular formula is C34H33ClF2O6S2. The summed E-state index contributed by atoms with van der Waals surface area (Å²) in [5.74, 6) is -2.16. The molecule has 0 spiro atoms. The number of benzene rings is 2. The van der Waals surface area contributed by atoms with Crippen LogP contribution < -0.4 is 0 Å². The minimum atomic E-state index is -2.11. The number of alkyl halides is 2. The number of aliphatic hydroxyl groups is 1. The van der Waals surface area contributed by atoms with Gasteiger partial charge in [-0.05, 0) is 111 Å². The van der Waals surface area contributed by atoms with E-state index in [-0.39, 0.29) is 35.0 Å². The van der Waals surface area contributed by atoms with E-state index in [1.165, 1.54) is 30.0 Å². The van der Waals surface area contributed by atoms with Gasteiger partial charge in [0.05, 0.1) is 16.7 Å². The SMILES string of the molecule is C[C@]12C=CC(=O)C=C1CCC1C3CC[C@](OC(=O)c4ccc(Sc5ccc(Cl)c(O)c5)cc4)(C(=O)SCF)[C@@]3(C)C[C@H](O)C12F. The molecule has 0 radical (unpaired) electrons. The second-order valence-electron chi connectivity index (χ2n) is 12.8. The molecule has 7 atom stereocenters. The minimum absolute atomic E-state index is 0.0475. The molecule has 0 amide bonds. The highest BCUT2D eigenvalue weighted by Crippen LogP contribution is 2.70. The zero-order valence-corrected chi connectivity index (χ0v) is 27.1. The summed E-state index contributed by atoms with van der Waals surface area (Å²) in [6, 6.07) is 10.4. The third-order valence-corrected chi connectivity index (χ3v) is 12.8. The standard InChI is InChI=1S/C34H33ClF2O6S2/c1-31-13-11-21(38)15-20(31)5-9-25-24-12-14-33(30(42)44-18-36,32(24,2)17-28(40)34(25,31)37)43-29(41)19-3-6-22(7-4-19)45-23-8-10-26(35)27(39)16-23/h3-4,6-8,10-11,13,15-16,24-25,28,39-40H,5,9,12,14,17-18H2,1-2H3/t24?,25?,28-,31-,32-,33-,34?/m0/s1. The van der Waals surface area contributed by atoms with Crippen molar-refractivity contribution in [3.8, 4) is 5.75 Å². The van der Waals surface area contributed by atoms with Crippen molar-refractivity contribution < 1.29 is 38.1 Å². The maximum absolute atomic E-state index is 17.5. The Hall–Kier alpha value is -2.66. The van der Waals surface area contributed by atoms with Crippen molar-refractivity contribution in [3.05, 3.63) is 76.9 Å². The molecule has 2 aromatic carbocycles. The van der Waals surface area contributed by atoms with Crippen LogP contribution in [0.5, 0.6) is 5.75 Å². The van der Waals surface area contributed by atoms with Crippen molar-refractivity contribution in [2.24, 2.45) is 22.7 Å². The third-order valence-electron chi connectivity index (χ3n) is 10.8. The number of thioether (sulfide) groups is 1. The fraction of sp³-hybridized carbons (Fsp3) is 0.441. The van der Waals surface area contributed by atoms with Crippen LogP contribution in [0, 0.1) is 22.7 Å². The molecular weight excluding hydrogens is 642 g/mol. The van der Waals surface area contributed by atoms with Crippen molar-refractivity contribution in [2.45, 2.75) is 73.1 Å². The van der Waals surface area contributed by atoms with Crippen LogP contribution in [-0.2, 0) is 14.3 Å². The lowest BCUT2D eigenvalue weighted by molar-refractivity contribution is -0.214. The fourth-order valence-electron chi connectivity index (χ4n) is 8.48. The number of hydrogen-bond donors (Lipinski definition) is 2. The Kier molecular flexibility index (Phi) is 8.28. The van der Waals surface area contributed by atoms with Gasteiger partial charge in [0.2, 0.25) is 5.12 Å². The number of esters is 1. The Balaban J connectivity index is 1.30. The van der Waals surface area contributed by atoms with E-state index in [1.54, 1.807) is 56.3 Å². The van der Waals surface area contributed by atoms with Gasteiger partial charge in [-0.1, -0.05) is 41.9 Å². The van der Waals surface area contributed by atoms with E-state index in [1.807, 2.05) is 0 Å². The third kappa shape index (κ3) is 4.89. The Labute approximate surface area is 273 Å². The van der Waals surface area contributed by atoms with Gasteiger partial charge in [0.1, 0.15) is 11.8 Å². The summed E-state index contributed by atoms with van der Waals surface area (Å²) in [6.45, 7) is 3.47. The predicted molar refractivity (Wildman–Crippen MR) is 169 cm³/mol. The predicted octanol–water partition coefficient (Wildman–Crippen LogP) is 7.65. The van der Waals surface area contributed by atoms with E-state index in [2.05, 4.69) is 0 Å². The fourth-order valence-corrected chi connectivity index (χ4v) is 10.2. The molecule has 0 aliphatic heterocycles. The molecule has 0 aromatic heterocycles. The van der Waals surface area contributed by atoms with Crippen molar-refractivity contribution in [1.29, 1.82) is 0 Å². The number of aromatic hydroxyl groups is 1. The lowest BCUT2D eigenvalue weighted by Gasteiger charge is -2.62. The van der Waals surface area contributed by atoms with Crippen LogP contribution in [0.25, 0.3) is 0 Å². The smallest absolute Gasteiger partial charge is 0.339 e. The Morgan fingerprint density at radius 1 is 1.09 bits per heavy atom. The van der Waals surface area contributed by atoms with Gasteiger partial charge in [0.15, 0.2) is 17.1 Å². The molecule has 0 heterocycles. The molecule has 2 aromatic rings. The van der Waals surface area contributed by atoms with E-state index in [9.17, 15) is 29.0 Å². The van der Waals surface area contributed by atoms with E-state index >= 15 is 4.39 Å². The molecule has 6 nitrogen and oxygen atoms in total. The topological polar surface area (TPSA) is 101 Å². The number of halogens is 3. The summed E-state index contributed by atoms with van der Waals surface area (Å²) in [7, 11) is 0. The Morgan fingerprint density at radius 3 is 2.49 bits per heavy atom. The van der Waals surface area contributed by atoms with E-state index in [4.69, 9.17) is 16.3 Å². The first-order valence-corrected chi connectivity index (χ1v) is 17.0. The number of fused-ring (bicyclic) bond motifs is 5. The number of ether oxygens (including phenoxy) is 1. The lowest BCUT2D eigenvalue weighted by atomic mass is 9.45. The summed E-state index contributed by atoms with van der Waals surface area (Å²) in [5, 5.41) is 21.1. The number of ketones is 1. The molecule has 11 heteroatoms. The summed E-state index contributed by atoms with van der Waals surface area (Å²) in [5.41, 5.74) is -5.43. The molecule has 4 aliphatic carbocycles. The van der Waals surface area contributed by atoms with Crippen molar-refractivity contribution >= 4 is 52.0 Å². The van der Waals surface area contributed by atoms with E-state index in [0.29, 0.717) is 36.6 Å². The summed E-state index contributed by atoms with van der Waals surface area (Å²) in [6.07, 6.45) is 3.91. The second-order valence-corrected chi connectivity index (χ2v) is 15.2. The van der Waals surface area contributed by atoms with Gasteiger partial charge in [-0.2, -0.15) is 0 Å². The number of phenols is 1. The number of hydrogen-bond acceptors (Lipinski definition) is 8. The van der Waals surface area contributed by atoms with Crippen molar-refractivity contribution in [1.82, 2.24) is 0 Å². The second kappa shape index (κ2) is 11.5. The number of carbonyl (C=O) groups excluding carboxylic acids is 3. The van der Waals surface area contributed by atoms with E-state index < -0.39 is 57.1 Å². The quantitative estimate of drug-likeness (QED) is 0.302. The average molecular weight is 675 g/mol. The highest BCUT2D eigenvalue weighted by atomic mass is 35.5. The first-order chi connectivity index (χ1) is 21.3. The van der Waals surface area contributed by atoms with Crippen LogP contribution in [0.15, 0.2) is 76.1 Å². The first-order valence-electron chi connectivity index (χ1n) is 14.8. The van der Waals surface area contributed by atoms with Crippen LogP contribution in [-0.4, -0.2) is 50.5 Å². The van der Waals surface area contributed by atoms with Crippen LogP contribution >= 0.6 is 35.1 Å². The van der Waals surface area contributed by atoms with Crippen molar-refractivity contribution in [2.75, 3.05) is 6.01 Å². The van der Waals surface area contributed by atoms with Crippen molar-refractivity contribution in [3.63, 3.8) is 0 Å². The Morgan fingerprint density at radius 2 is 1.80 bits per heavy atom. The summed E-state index contributed by atoms with van der Waals surface area (Å²) >= 11 is 7.67. The highest BCUT2D eigenvalue weighted by molar-refractivity contribution is 8.13. The monoisotopic (exact) mass is 674 g/mol. The van der Waals surface area contributed by atoms with Gasteiger partial charge in [-0.3, -0.25) is 9.59 Å². The van der Waals surface area contributed by atoms with Gasteiger partial charge in [-0.15, -0.1) is 0 Å². The average Bonchev–Trinajstić information content (AvgIpc) is 3.28. The zero-order chi connectivity index (χ0) is 32.4. The van der Waals surface area contributed by atoms with E-state index in [0.717, 1.165) is 9.79 Å². The number of carbonyl (C=O) groups is 3. The summed E-state index contributed by atoms with van der Waals surface area (Å²) in [4.78, 5) is 41.0. The molecule has 0 bridgehead atoms. The number of rotatable bonds is 6. The summed E-state index contributed by atoms with van der Waals surface area (Å²) < 4.78 is 37.3. The molecule has 3 unspecified atom stereocenters. The molecule has 2 N–H and O–H groups in total. The van der Waals surface area contributed by atoms with Gasteiger partial charge in [0.25, 0.3) is 0 Å².